The van der Waals surface area contributed by atoms with Gasteiger partial charge in [-0.2, -0.15) is 0 Å². The van der Waals surface area contributed by atoms with Crippen molar-refractivity contribution in [3.63, 3.8) is 0 Å². The Kier molecular flexibility index (Phi) is 5.23. The highest BCUT2D eigenvalue weighted by Gasteiger charge is 2.18. The summed E-state index contributed by atoms with van der Waals surface area (Å²) in [6.45, 7) is 0.315. The highest BCUT2D eigenvalue weighted by Crippen LogP contribution is 2.07. The van der Waals surface area contributed by atoms with Crippen LogP contribution >= 0.6 is 0 Å². The van der Waals surface area contributed by atoms with Crippen molar-refractivity contribution in [3.8, 4) is 0 Å². The lowest BCUT2D eigenvalue weighted by Gasteiger charge is -2.10. The van der Waals surface area contributed by atoms with Gasteiger partial charge in [0.05, 0.1) is 0 Å². The lowest BCUT2D eigenvalue weighted by Crippen LogP contribution is -2.24. The Bertz CT molecular complexity index is 159. The molecule has 2 atom stereocenters. The molecule has 0 rings (SSSR count). The molecular weight excluding hydrogens is 162 g/mol. The summed E-state index contributed by atoms with van der Waals surface area (Å²) >= 11 is 0. The number of nitrogens with two attached hydrogens (primary N) is 1. The monoisotopic (exact) mass is 175 g/mol. The van der Waals surface area contributed by atoms with Crippen LogP contribution in [0.15, 0.2) is 0 Å². The highest BCUT2D eigenvalue weighted by molar-refractivity contribution is 5.72. The molecule has 0 bridgehead atoms. The van der Waals surface area contributed by atoms with Crippen LogP contribution in [0.2, 0.25) is 0 Å². The van der Waals surface area contributed by atoms with Gasteiger partial charge in [-0.05, 0) is 19.4 Å². The zero-order valence-electron chi connectivity index (χ0n) is 6.64. The fourth-order valence-corrected chi connectivity index (χ4v) is 0.843. The van der Waals surface area contributed by atoms with E-state index in [0.29, 0.717) is 19.3 Å². The normalized spacial score (nSPS) is 15.2. The van der Waals surface area contributed by atoms with Crippen LogP contribution in [-0.4, -0.2) is 35.1 Å². The van der Waals surface area contributed by atoms with E-state index in [4.69, 9.17) is 15.9 Å². The number of carbonyl (C=O) groups is 2. The average Bonchev–Trinajstić information content (AvgIpc) is 2.03. The number of hydrogen-bond acceptors (Lipinski definition) is 4. The summed E-state index contributed by atoms with van der Waals surface area (Å²) in [4.78, 5) is 20.5. The molecule has 0 aromatic heterocycles. The van der Waals surface area contributed by atoms with Gasteiger partial charge >= 0.3 is 5.97 Å². The molecule has 4 N–H and O–H groups in total. The molecule has 0 aromatic rings. The molecule has 0 aromatic carbocycles. The van der Waals surface area contributed by atoms with E-state index in [1.807, 2.05) is 0 Å². The Morgan fingerprint density at radius 2 is 2.17 bits per heavy atom. The van der Waals surface area contributed by atoms with E-state index < -0.39 is 18.0 Å². The van der Waals surface area contributed by atoms with Gasteiger partial charge < -0.3 is 20.7 Å². The number of aliphatic carboxylic acids is 1. The maximum Gasteiger partial charge on any atom is 0.332 e. The molecule has 5 heteroatoms. The number of aldehydes is 1. The topological polar surface area (TPSA) is 101 Å². The molecule has 0 heterocycles. The quantitative estimate of drug-likeness (QED) is 0.449. The largest absolute Gasteiger partial charge is 0.479 e. The van der Waals surface area contributed by atoms with Gasteiger partial charge in [-0.3, -0.25) is 0 Å². The van der Waals surface area contributed by atoms with Crippen LogP contribution < -0.4 is 5.73 Å². The zero-order valence-corrected chi connectivity index (χ0v) is 6.64. The molecule has 0 aliphatic heterocycles. The second-order valence-electron chi connectivity index (χ2n) is 2.56. The molecule has 0 saturated carbocycles. The van der Waals surface area contributed by atoms with Crippen molar-refractivity contribution in [2.45, 2.75) is 18.9 Å². The van der Waals surface area contributed by atoms with Crippen LogP contribution in [0.3, 0.4) is 0 Å². The Labute approximate surface area is 70.2 Å². The van der Waals surface area contributed by atoms with Gasteiger partial charge in [0.25, 0.3) is 0 Å². The summed E-state index contributed by atoms with van der Waals surface area (Å²) in [6, 6.07) is 0. The van der Waals surface area contributed by atoms with Crippen molar-refractivity contribution in [1.29, 1.82) is 0 Å². The first-order chi connectivity index (χ1) is 5.61. The van der Waals surface area contributed by atoms with E-state index in [-0.39, 0.29) is 6.42 Å². The summed E-state index contributed by atoms with van der Waals surface area (Å²) in [5, 5.41) is 17.2. The van der Waals surface area contributed by atoms with E-state index in [9.17, 15) is 9.59 Å². The lowest BCUT2D eigenvalue weighted by atomic mass is 10.00. The number of aliphatic hydroxyl groups is 1. The fraction of sp³-hybridized carbons (Fsp3) is 0.714. The Morgan fingerprint density at radius 1 is 1.58 bits per heavy atom. The van der Waals surface area contributed by atoms with Crippen LogP contribution in [0.4, 0.5) is 0 Å². The average molecular weight is 175 g/mol. The van der Waals surface area contributed by atoms with Gasteiger partial charge in [0.2, 0.25) is 0 Å². The third-order valence-corrected chi connectivity index (χ3v) is 1.54. The van der Waals surface area contributed by atoms with Crippen molar-refractivity contribution in [2.24, 2.45) is 11.7 Å². The van der Waals surface area contributed by atoms with Gasteiger partial charge in [0, 0.05) is 5.92 Å². The van der Waals surface area contributed by atoms with Gasteiger partial charge in [-0.1, -0.05) is 0 Å². The summed E-state index contributed by atoms with van der Waals surface area (Å²) in [6.07, 6.45) is -0.491. The molecule has 0 radical (unpaired) electrons. The van der Waals surface area contributed by atoms with Crippen molar-refractivity contribution >= 4 is 12.3 Å². The lowest BCUT2D eigenvalue weighted by molar-refractivity contribution is -0.147. The molecule has 5 nitrogen and oxygen atoms in total. The molecule has 0 amide bonds. The van der Waals surface area contributed by atoms with Crippen molar-refractivity contribution in [2.75, 3.05) is 6.54 Å². The minimum atomic E-state index is -1.47. The number of carbonyl (C=O) groups excluding carboxylic acids is 1. The molecule has 0 spiro atoms. The summed E-state index contributed by atoms with van der Waals surface area (Å²) < 4.78 is 0. The van der Waals surface area contributed by atoms with E-state index >= 15 is 0 Å². The molecular formula is C7H13NO4. The Hall–Kier alpha value is -0.940. The summed E-state index contributed by atoms with van der Waals surface area (Å²) in [7, 11) is 0. The summed E-state index contributed by atoms with van der Waals surface area (Å²) in [5.41, 5.74) is 5.17. The van der Waals surface area contributed by atoms with Gasteiger partial charge in [-0.15, -0.1) is 0 Å². The number of carboxylic acid groups (broad SMARTS) is 1. The van der Waals surface area contributed by atoms with Crippen LogP contribution in [0, 0.1) is 5.92 Å². The third kappa shape index (κ3) is 4.05. The SMILES string of the molecule is NCCC(C=O)CC(O)C(=O)O. The Balaban J connectivity index is 3.84. The summed E-state index contributed by atoms with van der Waals surface area (Å²) in [5.74, 6) is -1.76. The maximum atomic E-state index is 10.3. The molecule has 0 aliphatic rings. The van der Waals surface area contributed by atoms with Crippen LogP contribution in [0.5, 0.6) is 0 Å². The van der Waals surface area contributed by atoms with Gasteiger partial charge in [0.1, 0.15) is 6.29 Å². The van der Waals surface area contributed by atoms with Crippen molar-refractivity contribution in [3.05, 3.63) is 0 Å². The maximum absolute atomic E-state index is 10.3. The first-order valence-electron chi connectivity index (χ1n) is 3.68. The van der Waals surface area contributed by atoms with Crippen molar-refractivity contribution < 1.29 is 19.8 Å². The first-order valence-corrected chi connectivity index (χ1v) is 3.68. The van der Waals surface area contributed by atoms with Crippen LogP contribution in [0.25, 0.3) is 0 Å². The van der Waals surface area contributed by atoms with E-state index in [1.165, 1.54) is 0 Å². The second-order valence-corrected chi connectivity index (χ2v) is 2.56. The molecule has 12 heavy (non-hydrogen) atoms. The molecule has 2 unspecified atom stereocenters. The van der Waals surface area contributed by atoms with Crippen molar-refractivity contribution in [1.82, 2.24) is 0 Å². The van der Waals surface area contributed by atoms with E-state index in [1.54, 1.807) is 0 Å². The first kappa shape index (κ1) is 11.1. The third-order valence-electron chi connectivity index (χ3n) is 1.54. The molecule has 0 fully saturated rings. The number of rotatable bonds is 6. The molecule has 0 aliphatic carbocycles. The fourth-order valence-electron chi connectivity index (χ4n) is 0.843. The molecule has 0 saturated heterocycles. The Morgan fingerprint density at radius 3 is 2.50 bits per heavy atom. The highest BCUT2D eigenvalue weighted by atomic mass is 16.4. The number of hydrogen-bond donors (Lipinski definition) is 3. The predicted molar refractivity (Wildman–Crippen MR) is 41.5 cm³/mol. The van der Waals surface area contributed by atoms with E-state index in [2.05, 4.69) is 0 Å². The zero-order chi connectivity index (χ0) is 9.56. The van der Waals surface area contributed by atoms with Crippen LogP contribution in [0.1, 0.15) is 12.8 Å². The molecule has 70 valence electrons. The number of aliphatic hydroxyl groups excluding tert-OH is 1. The van der Waals surface area contributed by atoms with Crippen LogP contribution in [-0.2, 0) is 9.59 Å². The minimum Gasteiger partial charge on any atom is -0.479 e. The van der Waals surface area contributed by atoms with Gasteiger partial charge in [0.15, 0.2) is 6.10 Å². The smallest absolute Gasteiger partial charge is 0.332 e. The number of carboxylic acids is 1. The van der Waals surface area contributed by atoms with Gasteiger partial charge in [-0.25, -0.2) is 4.79 Å². The standard InChI is InChI=1S/C7H13NO4/c8-2-1-5(4-9)3-6(10)7(11)12/h4-6,10H,1-3,8H2,(H,11,12). The minimum absolute atomic E-state index is 0.0595. The second kappa shape index (κ2) is 5.68. The van der Waals surface area contributed by atoms with E-state index in [0.717, 1.165) is 0 Å². The predicted octanol–water partition coefficient (Wildman–Crippen LogP) is -1.01.